The van der Waals surface area contributed by atoms with E-state index in [1.165, 1.54) is 18.2 Å². The minimum atomic E-state index is -0.653. The predicted octanol–water partition coefficient (Wildman–Crippen LogP) is 2.51. The van der Waals surface area contributed by atoms with Gasteiger partial charge in [0.15, 0.2) is 6.61 Å². The third-order valence-electron chi connectivity index (χ3n) is 4.06. The molecule has 9 nitrogen and oxygen atoms in total. The zero-order chi connectivity index (χ0) is 21.4. The topological polar surface area (TPSA) is 128 Å². The van der Waals surface area contributed by atoms with Crippen molar-refractivity contribution in [2.75, 3.05) is 18.5 Å². The number of amides is 2. The van der Waals surface area contributed by atoms with E-state index < -0.39 is 23.4 Å². The first-order chi connectivity index (χ1) is 13.8. The highest BCUT2D eigenvalue weighted by molar-refractivity contribution is 5.96. The maximum Gasteiger partial charge on any atom is 0.308 e. The van der Waals surface area contributed by atoms with Crippen LogP contribution >= 0.6 is 0 Å². The second-order valence-corrected chi connectivity index (χ2v) is 6.29. The predicted molar refractivity (Wildman–Crippen MR) is 106 cm³/mol. The molecule has 0 aliphatic heterocycles. The van der Waals surface area contributed by atoms with Gasteiger partial charge in [0.05, 0.1) is 11.3 Å². The number of benzene rings is 2. The number of aryl methyl sites for hydroxylation is 2. The third-order valence-corrected chi connectivity index (χ3v) is 4.06. The Morgan fingerprint density at radius 3 is 2.48 bits per heavy atom. The van der Waals surface area contributed by atoms with Crippen LogP contribution in [0.25, 0.3) is 0 Å². The highest BCUT2D eigenvalue weighted by atomic mass is 16.6. The Kier molecular flexibility index (Phi) is 7.41. The highest BCUT2D eigenvalue weighted by Gasteiger charge is 2.14. The molecule has 2 aromatic rings. The number of nitrogens with zero attached hydrogens (tertiary/aromatic N) is 1. The minimum absolute atomic E-state index is 0.0672. The molecule has 0 heterocycles. The molecule has 152 valence electrons. The van der Waals surface area contributed by atoms with Crippen LogP contribution in [0.4, 0.5) is 11.4 Å². The fourth-order valence-corrected chi connectivity index (χ4v) is 2.50. The number of hydrogen-bond acceptors (Lipinski definition) is 6. The first-order valence-electron chi connectivity index (χ1n) is 8.82. The molecule has 0 atom stereocenters. The Balaban J connectivity index is 1.74. The van der Waals surface area contributed by atoms with E-state index >= 15 is 0 Å². The van der Waals surface area contributed by atoms with Crippen LogP contribution in [0.15, 0.2) is 42.5 Å². The monoisotopic (exact) mass is 399 g/mol. The SMILES string of the molecule is Cc1ccccc1C(=O)NCCC(=O)OCC(=O)Nc1ccc(C)c([N+](=O)[O-])c1. The molecule has 0 fully saturated rings. The first-order valence-corrected chi connectivity index (χ1v) is 8.82. The van der Waals surface area contributed by atoms with Crippen LogP contribution in [0.3, 0.4) is 0 Å². The van der Waals surface area contributed by atoms with Gasteiger partial charge in [-0.1, -0.05) is 24.3 Å². The molecule has 0 saturated heterocycles. The molecule has 2 N–H and O–H groups in total. The summed E-state index contributed by atoms with van der Waals surface area (Å²) in [5, 5.41) is 16.0. The van der Waals surface area contributed by atoms with Crippen molar-refractivity contribution >= 4 is 29.2 Å². The molecule has 2 amide bonds. The second-order valence-electron chi connectivity index (χ2n) is 6.29. The van der Waals surface area contributed by atoms with Crippen LogP contribution in [0.2, 0.25) is 0 Å². The number of rotatable bonds is 8. The molecule has 0 aliphatic rings. The number of esters is 1. The number of nitro benzene ring substituents is 1. The van der Waals surface area contributed by atoms with E-state index in [2.05, 4.69) is 10.6 Å². The van der Waals surface area contributed by atoms with Gasteiger partial charge < -0.3 is 15.4 Å². The first kappa shape index (κ1) is 21.5. The van der Waals surface area contributed by atoms with E-state index in [-0.39, 0.29) is 30.2 Å². The van der Waals surface area contributed by atoms with E-state index in [1.807, 2.05) is 19.1 Å². The molecule has 2 rings (SSSR count). The molecule has 0 saturated carbocycles. The Labute approximate surface area is 167 Å². The lowest BCUT2D eigenvalue weighted by atomic mass is 10.1. The van der Waals surface area contributed by atoms with E-state index in [0.717, 1.165) is 5.56 Å². The molecule has 9 heteroatoms. The van der Waals surface area contributed by atoms with Crippen LogP contribution in [0.1, 0.15) is 27.9 Å². The number of hydrogen-bond donors (Lipinski definition) is 2. The van der Waals surface area contributed by atoms with Gasteiger partial charge in [0.1, 0.15) is 0 Å². The van der Waals surface area contributed by atoms with Crippen molar-refractivity contribution in [3.05, 3.63) is 69.3 Å². The lowest BCUT2D eigenvalue weighted by molar-refractivity contribution is -0.385. The summed E-state index contributed by atoms with van der Waals surface area (Å²) in [5.74, 6) is -1.57. The molecule has 0 unspecified atom stereocenters. The average Bonchev–Trinajstić information content (AvgIpc) is 2.68. The van der Waals surface area contributed by atoms with E-state index in [0.29, 0.717) is 11.1 Å². The van der Waals surface area contributed by atoms with Crippen molar-refractivity contribution < 1.29 is 24.0 Å². The summed E-state index contributed by atoms with van der Waals surface area (Å²) in [6.07, 6.45) is -0.0963. The van der Waals surface area contributed by atoms with Gasteiger partial charge >= 0.3 is 5.97 Å². The van der Waals surface area contributed by atoms with Crippen LogP contribution in [-0.4, -0.2) is 35.9 Å². The molecule has 0 aromatic heterocycles. The largest absolute Gasteiger partial charge is 0.456 e. The Hall–Kier alpha value is -3.75. The standard InChI is InChI=1S/C20H21N3O6/c1-13-5-3-4-6-16(13)20(26)21-10-9-19(25)29-12-18(24)22-15-8-7-14(2)17(11-15)23(27)28/h3-8,11H,9-10,12H2,1-2H3,(H,21,26)(H,22,24). The molecular formula is C20H21N3O6. The summed E-state index contributed by atoms with van der Waals surface area (Å²) >= 11 is 0. The molecule has 0 spiro atoms. The Bertz CT molecular complexity index is 942. The molecular weight excluding hydrogens is 378 g/mol. The molecule has 0 radical (unpaired) electrons. The number of carbonyl (C=O) groups is 3. The van der Waals surface area contributed by atoms with Gasteiger partial charge in [-0.2, -0.15) is 0 Å². The van der Waals surface area contributed by atoms with Crippen molar-refractivity contribution in [3.8, 4) is 0 Å². The number of carbonyl (C=O) groups excluding carboxylic acids is 3. The molecule has 2 aromatic carbocycles. The molecule has 29 heavy (non-hydrogen) atoms. The fourth-order valence-electron chi connectivity index (χ4n) is 2.50. The van der Waals surface area contributed by atoms with E-state index in [9.17, 15) is 24.5 Å². The number of nitrogens with one attached hydrogen (secondary N) is 2. The van der Waals surface area contributed by atoms with Crippen LogP contribution in [0.5, 0.6) is 0 Å². The zero-order valence-electron chi connectivity index (χ0n) is 16.1. The van der Waals surface area contributed by atoms with Gasteiger partial charge in [-0.25, -0.2) is 0 Å². The highest BCUT2D eigenvalue weighted by Crippen LogP contribution is 2.22. The zero-order valence-corrected chi connectivity index (χ0v) is 16.1. The van der Waals surface area contributed by atoms with Gasteiger partial charge in [0.25, 0.3) is 17.5 Å². The Morgan fingerprint density at radius 1 is 1.07 bits per heavy atom. The normalized spacial score (nSPS) is 10.1. The van der Waals surface area contributed by atoms with Gasteiger partial charge in [-0.3, -0.25) is 24.5 Å². The second kappa shape index (κ2) is 9.98. The number of ether oxygens (including phenoxy) is 1. The summed E-state index contributed by atoms with van der Waals surface area (Å²) in [4.78, 5) is 46.0. The van der Waals surface area contributed by atoms with Crippen molar-refractivity contribution in [1.29, 1.82) is 0 Å². The molecule has 0 aliphatic carbocycles. The number of nitro groups is 1. The van der Waals surface area contributed by atoms with Crippen molar-refractivity contribution in [3.63, 3.8) is 0 Å². The van der Waals surface area contributed by atoms with Gasteiger partial charge in [-0.05, 0) is 31.5 Å². The van der Waals surface area contributed by atoms with Gasteiger partial charge in [-0.15, -0.1) is 0 Å². The quantitative estimate of drug-likeness (QED) is 0.399. The maximum atomic E-state index is 12.0. The Morgan fingerprint density at radius 2 is 1.79 bits per heavy atom. The van der Waals surface area contributed by atoms with Crippen molar-refractivity contribution in [2.24, 2.45) is 0 Å². The third kappa shape index (κ3) is 6.42. The van der Waals surface area contributed by atoms with Crippen molar-refractivity contribution in [2.45, 2.75) is 20.3 Å². The molecule has 0 bridgehead atoms. The van der Waals surface area contributed by atoms with Crippen LogP contribution < -0.4 is 10.6 Å². The van der Waals surface area contributed by atoms with Crippen molar-refractivity contribution in [1.82, 2.24) is 5.32 Å². The number of anilines is 1. The summed E-state index contributed by atoms with van der Waals surface area (Å²) in [6.45, 7) is 2.93. The fraction of sp³-hybridized carbons (Fsp3) is 0.250. The minimum Gasteiger partial charge on any atom is -0.456 e. The van der Waals surface area contributed by atoms with E-state index in [1.54, 1.807) is 19.1 Å². The lowest BCUT2D eigenvalue weighted by Gasteiger charge is -2.09. The average molecular weight is 399 g/mol. The smallest absolute Gasteiger partial charge is 0.308 e. The summed E-state index contributed by atoms with van der Waals surface area (Å²) < 4.78 is 4.85. The summed E-state index contributed by atoms with van der Waals surface area (Å²) in [7, 11) is 0. The van der Waals surface area contributed by atoms with Crippen LogP contribution in [-0.2, 0) is 14.3 Å². The van der Waals surface area contributed by atoms with E-state index in [4.69, 9.17) is 4.74 Å². The van der Waals surface area contributed by atoms with Crippen LogP contribution in [0, 0.1) is 24.0 Å². The van der Waals surface area contributed by atoms with Gasteiger partial charge in [0, 0.05) is 29.4 Å². The maximum absolute atomic E-state index is 12.0. The lowest BCUT2D eigenvalue weighted by Crippen LogP contribution is -2.28. The summed E-state index contributed by atoms with van der Waals surface area (Å²) in [5.41, 5.74) is 1.92. The van der Waals surface area contributed by atoms with Gasteiger partial charge in [0.2, 0.25) is 0 Å². The summed E-state index contributed by atoms with van der Waals surface area (Å²) in [6, 6.07) is 11.3.